The molecule has 0 spiro atoms. The zero-order chi connectivity index (χ0) is 11.1. The molecule has 0 N–H and O–H groups in total. The van der Waals surface area contributed by atoms with Crippen LogP contribution in [0.4, 0.5) is 0 Å². The van der Waals surface area contributed by atoms with Gasteiger partial charge in [0.1, 0.15) is 0 Å². The monoisotopic (exact) mass is 225 g/mol. The molecule has 84 valence electrons. The van der Waals surface area contributed by atoms with Crippen LogP contribution in [0.3, 0.4) is 0 Å². The molecule has 0 amide bonds. The highest BCUT2D eigenvalue weighted by Gasteiger charge is 2.10. The Bertz CT molecular complexity index is 306. The second-order valence-corrected chi connectivity index (χ2v) is 4.71. The van der Waals surface area contributed by atoms with E-state index in [1.54, 1.807) is 5.51 Å². The van der Waals surface area contributed by atoms with Crippen molar-refractivity contribution in [3.63, 3.8) is 0 Å². The van der Waals surface area contributed by atoms with Crippen LogP contribution >= 0.6 is 11.3 Å². The van der Waals surface area contributed by atoms with Crippen LogP contribution in [0.2, 0.25) is 0 Å². The average Bonchev–Trinajstić information content (AvgIpc) is 2.64. The van der Waals surface area contributed by atoms with Crippen molar-refractivity contribution >= 4 is 17.1 Å². The summed E-state index contributed by atoms with van der Waals surface area (Å²) in [6, 6.07) is 0. The fourth-order valence-electron chi connectivity index (χ4n) is 1.57. The lowest BCUT2D eigenvalue weighted by atomic mass is 10.1. The highest BCUT2D eigenvalue weighted by atomic mass is 32.1. The Morgan fingerprint density at radius 3 is 2.67 bits per heavy atom. The van der Waals surface area contributed by atoms with Gasteiger partial charge in [-0.1, -0.05) is 32.6 Å². The number of hydrogen-bond acceptors (Lipinski definition) is 3. The third-order valence-electron chi connectivity index (χ3n) is 2.51. The molecule has 1 heterocycles. The predicted molar refractivity (Wildman–Crippen MR) is 64.6 cm³/mol. The minimum absolute atomic E-state index is 0.270. The lowest BCUT2D eigenvalue weighted by Crippen LogP contribution is -1.98. The van der Waals surface area contributed by atoms with Gasteiger partial charge < -0.3 is 0 Å². The molecule has 0 aliphatic heterocycles. The van der Waals surface area contributed by atoms with Gasteiger partial charge in [0, 0.05) is 6.42 Å². The van der Waals surface area contributed by atoms with Crippen molar-refractivity contribution in [3.05, 3.63) is 16.1 Å². The number of hydrogen-bond donors (Lipinski definition) is 0. The number of nitrogens with zero attached hydrogens (tertiary/aromatic N) is 1. The summed E-state index contributed by atoms with van der Waals surface area (Å²) in [6.07, 6.45) is 6.68. The summed E-state index contributed by atoms with van der Waals surface area (Å²) in [5, 5.41) is 0. The van der Waals surface area contributed by atoms with Crippen molar-refractivity contribution in [1.82, 2.24) is 4.98 Å². The zero-order valence-electron chi connectivity index (χ0n) is 9.58. The van der Waals surface area contributed by atoms with Gasteiger partial charge in [0.05, 0.1) is 16.1 Å². The van der Waals surface area contributed by atoms with Crippen molar-refractivity contribution in [2.24, 2.45) is 0 Å². The average molecular weight is 225 g/mol. The van der Waals surface area contributed by atoms with Crippen molar-refractivity contribution < 1.29 is 4.79 Å². The van der Waals surface area contributed by atoms with Crippen LogP contribution < -0.4 is 0 Å². The molecule has 0 aliphatic carbocycles. The predicted octanol–water partition coefficient (Wildman–Crippen LogP) is 3.99. The molecule has 0 saturated heterocycles. The number of ketones is 1. The number of unbranched alkanes of at least 4 members (excludes halogenated alkanes) is 4. The molecule has 1 rings (SSSR count). The maximum atomic E-state index is 11.7. The molecular formula is C12H19NOS. The lowest BCUT2D eigenvalue weighted by molar-refractivity contribution is 0.0982. The molecule has 0 radical (unpaired) electrons. The van der Waals surface area contributed by atoms with Crippen LogP contribution in [0, 0.1) is 6.92 Å². The van der Waals surface area contributed by atoms with Crippen LogP contribution in [-0.2, 0) is 0 Å². The maximum Gasteiger partial charge on any atom is 0.174 e. The molecule has 0 aliphatic rings. The van der Waals surface area contributed by atoms with Gasteiger partial charge in [-0.25, -0.2) is 4.98 Å². The van der Waals surface area contributed by atoms with Gasteiger partial charge in [-0.05, 0) is 13.3 Å². The first kappa shape index (κ1) is 12.4. The fourth-order valence-corrected chi connectivity index (χ4v) is 2.35. The van der Waals surface area contributed by atoms with E-state index >= 15 is 0 Å². The topological polar surface area (TPSA) is 30.0 Å². The molecule has 1 aromatic heterocycles. The number of aromatic nitrogens is 1. The molecule has 0 bridgehead atoms. The van der Waals surface area contributed by atoms with Gasteiger partial charge in [-0.15, -0.1) is 11.3 Å². The van der Waals surface area contributed by atoms with Crippen LogP contribution in [-0.4, -0.2) is 10.8 Å². The summed E-state index contributed by atoms with van der Waals surface area (Å²) in [6.45, 7) is 4.10. The number of carbonyl (C=O) groups excluding carboxylic acids is 1. The molecule has 0 aromatic carbocycles. The van der Waals surface area contributed by atoms with E-state index in [9.17, 15) is 4.79 Å². The van der Waals surface area contributed by atoms with E-state index in [1.165, 1.54) is 37.0 Å². The summed E-state index contributed by atoms with van der Waals surface area (Å²) < 4.78 is 0. The van der Waals surface area contributed by atoms with Crippen molar-refractivity contribution in [3.8, 4) is 0 Å². The van der Waals surface area contributed by atoms with Gasteiger partial charge in [0.2, 0.25) is 0 Å². The summed E-state index contributed by atoms with van der Waals surface area (Å²) >= 11 is 1.47. The number of aryl methyl sites for hydroxylation is 1. The van der Waals surface area contributed by atoms with E-state index in [2.05, 4.69) is 11.9 Å². The Labute approximate surface area is 95.7 Å². The van der Waals surface area contributed by atoms with Crippen LogP contribution in [0.15, 0.2) is 5.51 Å². The molecule has 0 unspecified atom stereocenters. The van der Waals surface area contributed by atoms with Crippen molar-refractivity contribution in [1.29, 1.82) is 0 Å². The van der Waals surface area contributed by atoms with E-state index in [4.69, 9.17) is 0 Å². The number of thiazole rings is 1. The van der Waals surface area contributed by atoms with Gasteiger partial charge in [0.25, 0.3) is 0 Å². The quantitative estimate of drug-likeness (QED) is 0.518. The van der Waals surface area contributed by atoms with Gasteiger partial charge in [-0.2, -0.15) is 0 Å². The minimum Gasteiger partial charge on any atom is -0.293 e. The number of Topliss-reactive ketones (excluding diaryl/α,β-unsaturated/α-hetero) is 1. The van der Waals surface area contributed by atoms with E-state index < -0.39 is 0 Å². The molecule has 0 fully saturated rings. The normalized spacial score (nSPS) is 10.5. The Kier molecular flexibility index (Phi) is 5.54. The second-order valence-electron chi connectivity index (χ2n) is 3.85. The third-order valence-corrected chi connectivity index (χ3v) is 3.48. The largest absolute Gasteiger partial charge is 0.293 e. The summed E-state index contributed by atoms with van der Waals surface area (Å²) in [5.74, 6) is 0.270. The van der Waals surface area contributed by atoms with Gasteiger partial charge in [0.15, 0.2) is 5.78 Å². The second kappa shape index (κ2) is 6.72. The van der Waals surface area contributed by atoms with Gasteiger partial charge >= 0.3 is 0 Å². The highest BCUT2D eigenvalue weighted by molar-refractivity contribution is 7.11. The minimum atomic E-state index is 0.270. The van der Waals surface area contributed by atoms with Crippen molar-refractivity contribution in [2.45, 2.75) is 52.4 Å². The van der Waals surface area contributed by atoms with Crippen LogP contribution in [0.1, 0.15) is 60.8 Å². The highest BCUT2D eigenvalue weighted by Crippen LogP contribution is 2.16. The Hall–Kier alpha value is -0.700. The first-order chi connectivity index (χ1) is 7.25. The molecule has 15 heavy (non-hydrogen) atoms. The maximum absolute atomic E-state index is 11.7. The standard InChI is InChI=1S/C12H19NOS/c1-3-4-5-6-7-8-11(14)12-10(2)13-9-15-12/h9H,3-8H2,1-2H3. The molecule has 3 heteroatoms. The van der Waals surface area contributed by atoms with Crippen molar-refractivity contribution in [2.75, 3.05) is 0 Å². The Morgan fingerprint density at radius 2 is 2.07 bits per heavy atom. The molecule has 0 atom stereocenters. The number of carbonyl (C=O) groups is 1. The van der Waals surface area contributed by atoms with E-state index in [-0.39, 0.29) is 5.78 Å². The Morgan fingerprint density at radius 1 is 1.33 bits per heavy atom. The molecule has 2 nitrogen and oxygen atoms in total. The first-order valence-corrected chi connectivity index (χ1v) is 6.57. The first-order valence-electron chi connectivity index (χ1n) is 5.69. The van der Waals surface area contributed by atoms with E-state index in [1.807, 2.05) is 6.92 Å². The summed E-state index contributed by atoms with van der Waals surface area (Å²) in [4.78, 5) is 16.7. The molecule has 0 saturated carbocycles. The smallest absolute Gasteiger partial charge is 0.174 e. The van der Waals surface area contributed by atoms with Gasteiger partial charge in [-0.3, -0.25) is 4.79 Å². The van der Waals surface area contributed by atoms with E-state index in [0.717, 1.165) is 17.0 Å². The van der Waals surface area contributed by atoms with Crippen LogP contribution in [0.5, 0.6) is 0 Å². The zero-order valence-corrected chi connectivity index (χ0v) is 10.4. The van der Waals surface area contributed by atoms with Crippen LogP contribution in [0.25, 0.3) is 0 Å². The fraction of sp³-hybridized carbons (Fsp3) is 0.667. The summed E-state index contributed by atoms with van der Waals surface area (Å²) in [5.41, 5.74) is 2.64. The number of rotatable bonds is 7. The van der Waals surface area contributed by atoms with E-state index in [0.29, 0.717) is 6.42 Å². The third kappa shape index (κ3) is 4.12. The lowest BCUT2D eigenvalue weighted by Gasteiger charge is -1.99. The molecule has 1 aromatic rings. The Balaban J connectivity index is 2.22. The molecular weight excluding hydrogens is 206 g/mol. The summed E-state index contributed by atoms with van der Waals surface area (Å²) in [7, 11) is 0. The SMILES string of the molecule is CCCCCCCC(=O)c1scnc1C.